The van der Waals surface area contributed by atoms with Crippen molar-refractivity contribution in [2.24, 2.45) is 0 Å². The van der Waals surface area contributed by atoms with Gasteiger partial charge in [0.1, 0.15) is 17.4 Å². The fourth-order valence-electron chi connectivity index (χ4n) is 1.96. The zero-order chi connectivity index (χ0) is 10.8. The van der Waals surface area contributed by atoms with E-state index in [0.29, 0.717) is 6.42 Å². The number of halogens is 2. The molecule has 1 aliphatic heterocycles. The summed E-state index contributed by atoms with van der Waals surface area (Å²) < 4.78 is 26.7. The molecule has 1 saturated heterocycles. The Morgan fingerprint density at radius 1 is 1.33 bits per heavy atom. The summed E-state index contributed by atoms with van der Waals surface area (Å²) in [6.45, 7) is 0.909. The monoisotopic (exact) mass is 213 g/mol. The second kappa shape index (κ2) is 4.14. The van der Waals surface area contributed by atoms with Gasteiger partial charge in [-0.3, -0.25) is 0 Å². The van der Waals surface area contributed by atoms with Crippen molar-refractivity contribution in [1.29, 1.82) is 0 Å². The van der Waals surface area contributed by atoms with Gasteiger partial charge in [0.25, 0.3) is 0 Å². The van der Waals surface area contributed by atoms with Crippen LogP contribution in [0.3, 0.4) is 0 Å². The van der Waals surface area contributed by atoms with Crippen LogP contribution in [-0.4, -0.2) is 17.7 Å². The van der Waals surface area contributed by atoms with Crippen LogP contribution in [0.25, 0.3) is 0 Å². The molecule has 82 valence electrons. The minimum atomic E-state index is -0.666. The Labute approximate surface area is 86.9 Å². The maximum atomic E-state index is 13.3. The summed E-state index contributed by atoms with van der Waals surface area (Å²) in [6, 6.07) is 2.05. The number of hydrogen-bond donors (Lipinski definition) is 2. The van der Waals surface area contributed by atoms with Gasteiger partial charge in [-0.2, -0.15) is 0 Å². The van der Waals surface area contributed by atoms with Crippen molar-refractivity contribution in [3.8, 4) is 5.75 Å². The van der Waals surface area contributed by atoms with E-state index in [2.05, 4.69) is 5.32 Å². The van der Waals surface area contributed by atoms with E-state index < -0.39 is 11.6 Å². The molecule has 1 aromatic rings. The molecule has 0 spiro atoms. The molecule has 1 atom stereocenters. The molecule has 0 radical (unpaired) electrons. The zero-order valence-electron chi connectivity index (χ0n) is 8.26. The predicted octanol–water partition coefficient (Wildman–Crippen LogP) is 1.96. The second-order valence-electron chi connectivity index (χ2n) is 3.89. The van der Waals surface area contributed by atoms with E-state index >= 15 is 0 Å². The largest absolute Gasteiger partial charge is 0.508 e. The Morgan fingerprint density at radius 3 is 2.53 bits per heavy atom. The van der Waals surface area contributed by atoms with Crippen molar-refractivity contribution in [3.05, 3.63) is 29.3 Å². The molecule has 2 nitrogen and oxygen atoms in total. The van der Waals surface area contributed by atoms with Crippen LogP contribution in [0.1, 0.15) is 18.4 Å². The van der Waals surface area contributed by atoms with Crippen LogP contribution in [0.4, 0.5) is 8.78 Å². The summed E-state index contributed by atoms with van der Waals surface area (Å²) >= 11 is 0. The first-order chi connectivity index (χ1) is 7.16. The highest BCUT2D eigenvalue weighted by atomic mass is 19.1. The Hall–Kier alpha value is -1.16. The molecular formula is C11H13F2NO. The van der Waals surface area contributed by atoms with Crippen LogP contribution in [-0.2, 0) is 6.42 Å². The van der Waals surface area contributed by atoms with Crippen LogP contribution >= 0.6 is 0 Å². The summed E-state index contributed by atoms with van der Waals surface area (Å²) in [7, 11) is 0. The molecule has 0 aliphatic carbocycles. The molecule has 0 bridgehead atoms. The molecule has 4 heteroatoms. The quantitative estimate of drug-likeness (QED) is 0.787. The lowest BCUT2D eigenvalue weighted by Gasteiger charge is -2.11. The fraction of sp³-hybridized carbons (Fsp3) is 0.455. The van der Waals surface area contributed by atoms with E-state index in [9.17, 15) is 8.78 Å². The average Bonchev–Trinajstić information content (AvgIpc) is 2.63. The molecule has 0 saturated carbocycles. The first-order valence-electron chi connectivity index (χ1n) is 5.07. The number of nitrogens with one attached hydrogen (secondary N) is 1. The van der Waals surface area contributed by atoms with Gasteiger partial charge in [0.15, 0.2) is 0 Å². The van der Waals surface area contributed by atoms with E-state index in [0.717, 1.165) is 31.5 Å². The molecular weight excluding hydrogens is 200 g/mol. The van der Waals surface area contributed by atoms with Gasteiger partial charge in [-0.15, -0.1) is 0 Å². The lowest BCUT2D eigenvalue weighted by atomic mass is 10.0. The van der Waals surface area contributed by atoms with E-state index in [1.807, 2.05) is 0 Å². The van der Waals surface area contributed by atoms with Gasteiger partial charge >= 0.3 is 0 Å². The van der Waals surface area contributed by atoms with Crippen molar-refractivity contribution in [1.82, 2.24) is 5.32 Å². The molecule has 0 amide bonds. The molecule has 1 fully saturated rings. The third kappa shape index (κ3) is 2.26. The lowest BCUT2D eigenvalue weighted by Crippen LogP contribution is -2.24. The van der Waals surface area contributed by atoms with Crippen LogP contribution in [0.5, 0.6) is 5.75 Å². The Morgan fingerprint density at radius 2 is 2.00 bits per heavy atom. The highest BCUT2D eigenvalue weighted by molar-refractivity contribution is 5.30. The van der Waals surface area contributed by atoms with Gasteiger partial charge in [0, 0.05) is 23.7 Å². The van der Waals surface area contributed by atoms with Crippen LogP contribution in [0.2, 0.25) is 0 Å². The number of rotatable bonds is 2. The average molecular weight is 213 g/mol. The number of benzene rings is 1. The molecule has 1 unspecified atom stereocenters. The third-order valence-corrected chi connectivity index (χ3v) is 2.74. The predicted molar refractivity (Wildman–Crippen MR) is 52.8 cm³/mol. The van der Waals surface area contributed by atoms with Crippen LogP contribution < -0.4 is 5.32 Å². The Bertz CT molecular complexity index is 339. The smallest absolute Gasteiger partial charge is 0.133 e. The van der Waals surface area contributed by atoms with Gasteiger partial charge in [0.2, 0.25) is 0 Å². The van der Waals surface area contributed by atoms with E-state index in [1.54, 1.807) is 0 Å². The molecule has 1 aliphatic rings. The van der Waals surface area contributed by atoms with Gasteiger partial charge in [-0.05, 0) is 25.8 Å². The highest BCUT2D eigenvalue weighted by Gasteiger charge is 2.19. The minimum Gasteiger partial charge on any atom is -0.508 e. The number of phenols is 1. The number of aromatic hydroxyl groups is 1. The van der Waals surface area contributed by atoms with Gasteiger partial charge in [0.05, 0.1) is 0 Å². The van der Waals surface area contributed by atoms with Gasteiger partial charge < -0.3 is 10.4 Å². The van der Waals surface area contributed by atoms with E-state index in [-0.39, 0.29) is 17.4 Å². The molecule has 2 rings (SSSR count). The van der Waals surface area contributed by atoms with Gasteiger partial charge in [-0.25, -0.2) is 8.78 Å². The van der Waals surface area contributed by atoms with Crippen molar-refractivity contribution < 1.29 is 13.9 Å². The molecule has 1 heterocycles. The minimum absolute atomic E-state index is 0.0622. The summed E-state index contributed by atoms with van der Waals surface area (Å²) in [6.07, 6.45) is 2.34. The maximum Gasteiger partial charge on any atom is 0.133 e. The van der Waals surface area contributed by atoms with Crippen LogP contribution in [0.15, 0.2) is 12.1 Å². The lowest BCUT2D eigenvalue weighted by molar-refractivity contribution is 0.452. The molecule has 0 aromatic heterocycles. The summed E-state index contributed by atoms with van der Waals surface area (Å²) in [5.41, 5.74) is 0.0622. The normalized spacial score (nSPS) is 20.8. The SMILES string of the molecule is Oc1cc(F)c(CC2CCCN2)c(F)c1. The summed E-state index contributed by atoms with van der Waals surface area (Å²) in [5, 5.41) is 12.2. The van der Waals surface area contributed by atoms with Crippen molar-refractivity contribution in [2.45, 2.75) is 25.3 Å². The van der Waals surface area contributed by atoms with Crippen molar-refractivity contribution in [2.75, 3.05) is 6.54 Å². The molecule has 1 aromatic carbocycles. The summed E-state index contributed by atoms with van der Waals surface area (Å²) in [5.74, 6) is -1.70. The molecule has 15 heavy (non-hydrogen) atoms. The Kier molecular flexibility index (Phi) is 2.86. The highest BCUT2D eigenvalue weighted by Crippen LogP contribution is 2.22. The van der Waals surface area contributed by atoms with Crippen molar-refractivity contribution in [3.63, 3.8) is 0 Å². The third-order valence-electron chi connectivity index (χ3n) is 2.74. The Balaban J connectivity index is 2.19. The topological polar surface area (TPSA) is 32.3 Å². The summed E-state index contributed by atoms with van der Waals surface area (Å²) in [4.78, 5) is 0. The van der Waals surface area contributed by atoms with E-state index in [4.69, 9.17) is 5.11 Å². The maximum absolute atomic E-state index is 13.3. The zero-order valence-corrected chi connectivity index (χ0v) is 8.26. The number of phenolic OH excluding ortho intramolecular Hbond substituents is 1. The van der Waals surface area contributed by atoms with Crippen molar-refractivity contribution >= 4 is 0 Å². The van der Waals surface area contributed by atoms with Crippen LogP contribution in [0, 0.1) is 11.6 Å². The standard InChI is InChI=1S/C11H13F2NO/c12-10-5-8(15)6-11(13)9(10)4-7-2-1-3-14-7/h5-7,14-15H,1-4H2. The first kappa shape index (κ1) is 10.4. The number of hydrogen-bond acceptors (Lipinski definition) is 2. The first-order valence-corrected chi connectivity index (χ1v) is 5.07. The fourth-order valence-corrected chi connectivity index (χ4v) is 1.96. The second-order valence-corrected chi connectivity index (χ2v) is 3.89. The molecule has 2 N–H and O–H groups in total. The van der Waals surface area contributed by atoms with Gasteiger partial charge in [-0.1, -0.05) is 0 Å². The van der Waals surface area contributed by atoms with E-state index in [1.165, 1.54) is 0 Å².